The number of hydrogen-bond donors (Lipinski definition) is 0. The van der Waals surface area contributed by atoms with E-state index in [1.54, 1.807) is 0 Å². The van der Waals surface area contributed by atoms with E-state index in [1.165, 1.54) is 11.1 Å². The molecule has 4 aromatic rings. The van der Waals surface area contributed by atoms with Crippen LogP contribution in [0, 0.1) is 6.92 Å². The van der Waals surface area contributed by atoms with Crippen molar-refractivity contribution in [3.63, 3.8) is 0 Å². The maximum atomic E-state index is 5.91. The van der Waals surface area contributed by atoms with Gasteiger partial charge >= 0.3 is 0 Å². The van der Waals surface area contributed by atoms with Gasteiger partial charge in [0.05, 0.1) is 0 Å². The second-order valence-corrected chi connectivity index (χ2v) is 4.98. The van der Waals surface area contributed by atoms with Crippen molar-refractivity contribution in [2.45, 2.75) is 6.92 Å². The Bertz CT molecular complexity index is 907. The number of benzene rings is 2. The molecular formula is C18H13NO. The highest BCUT2D eigenvalue weighted by Gasteiger charge is 2.10. The van der Waals surface area contributed by atoms with Crippen molar-refractivity contribution in [3.8, 4) is 11.1 Å². The van der Waals surface area contributed by atoms with Gasteiger partial charge in [-0.15, -0.1) is 0 Å². The molecule has 2 heteroatoms. The van der Waals surface area contributed by atoms with Gasteiger partial charge in [-0.1, -0.05) is 36.4 Å². The molecule has 4 rings (SSSR count). The monoisotopic (exact) mass is 259 g/mol. The molecule has 0 radical (unpaired) electrons. The van der Waals surface area contributed by atoms with Crippen LogP contribution in [0.2, 0.25) is 0 Å². The van der Waals surface area contributed by atoms with Crippen LogP contribution in [0.5, 0.6) is 0 Å². The molecule has 0 saturated carbocycles. The first-order valence-electron chi connectivity index (χ1n) is 6.66. The smallest absolute Gasteiger partial charge is 0.156 e. The number of hydrogen-bond acceptors (Lipinski definition) is 2. The van der Waals surface area contributed by atoms with Crippen LogP contribution in [0.1, 0.15) is 5.56 Å². The Labute approximate surface area is 116 Å². The van der Waals surface area contributed by atoms with Crippen LogP contribution >= 0.6 is 0 Å². The minimum absolute atomic E-state index is 0.882. The Morgan fingerprint density at radius 3 is 2.60 bits per heavy atom. The second-order valence-electron chi connectivity index (χ2n) is 4.98. The number of nitrogens with zero attached hydrogens (tertiary/aromatic N) is 1. The standard InChI is InChI=1S/C18H13NO/c1-12-9-10-19-17-15-11-14(13-5-3-2-4-6-13)7-8-16(15)20-18(12)17/h2-11H,1H3. The maximum Gasteiger partial charge on any atom is 0.156 e. The number of aromatic nitrogens is 1. The Balaban J connectivity index is 2.04. The number of fused-ring (bicyclic) bond motifs is 3. The van der Waals surface area contributed by atoms with Crippen molar-refractivity contribution in [1.29, 1.82) is 0 Å². The predicted molar refractivity (Wildman–Crippen MR) is 81.7 cm³/mol. The lowest BCUT2D eigenvalue weighted by atomic mass is 10.0. The SMILES string of the molecule is Cc1ccnc2c1oc1ccc(-c3ccccc3)cc12. The third-order valence-electron chi connectivity index (χ3n) is 3.66. The molecule has 20 heavy (non-hydrogen) atoms. The summed E-state index contributed by atoms with van der Waals surface area (Å²) in [6.07, 6.45) is 1.84. The zero-order chi connectivity index (χ0) is 13.5. The summed E-state index contributed by atoms with van der Waals surface area (Å²) in [5, 5.41) is 1.07. The minimum Gasteiger partial charge on any atom is -0.454 e. The zero-order valence-electron chi connectivity index (χ0n) is 11.1. The highest BCUT2D eigenvalue weighted by atomic mass is 16.3. The molecule has 0 N–H and O–H groups in total. The highest BCUT2D eigenvalue weighted by molar-refractivity contribution is 6.04. The van der Waals surface area contributed by atoms with Crippen LogP contribution in [-0.4, -0.2) is 4.98 Å². The van der Waals surface area contributed by atoms with Crippen molar-refractivity contribution in [3.05, 3.63) is 66.4 Å². The van der Waals surface area contributed by atoms with Crippen LogP contribution in [-0.2, 0) is 0 Å². The fourth-order valence-electron chi connectivity index (χ4n) is 2.59. The van der Waals surface area contributed by atoms with Crippen LogP contribution in [0.25, 0.3) is 33.2 Å². The first-order chi connectivity index (χ1) is 9.83. The third-order valence-corrected chi connectivity index (χ3v) is 3.66. The van der Waals surface area contributed by atoms with Crippen molar-refractivity contribution in [2.75, 3.05) is 0 Å². The lowest BCUT2D eigenvalue weighted by Crippen LogP contribution is -1.78. The van der Waals surface area contributed by atoms with E-state index in [4.69, 9.17) is 4.42 Å². The van der Waals surface area contributed by atoms with Gasteiger partial charge in [0.25, 0.3) is 0 Å². The molecule has 2 aromatic heterocycles. The summed E-state index contributed by atoms with van der Waals surface area (Å²) in [5.41, 5.74) is 6.22. The number of aryl methyl sites for hydroxylation is 1. The Morgan fingerprint density at radius 1 is 0.900 bits per heavy atom. The van der Waals surface area contributed by atoms with E-state index in [-0.39, 0.29) is 0 Å². The van der Waals surface area contributed by atoms with E-state index in [0.29, 0.717) is 0 Å². The molecule has 2 nitrogen and oxygen atoms in total. The largest absolute Gasteiger partial charge is 0.454 e. The van der Waals surface area contributed by atoms with Crippen molar-refractivity contribution < 1.29 is 4.42 Å². The normalized spacial score (nSPS) is 11.2. The average Bonchev–Trinajstić information content (AvgIpc) is 2.88. The minimum atomic E-state index is 0.882. The van der Waals surface area contributed by atoms with Gasteiger partial charge in [0.1, 0.15) is 11.1 Å². The zero-order valence-corrected chi connectivity index (χ0v) is 11.1. The summed E-state index contributed by atoms with van der Waals surface area (Å²) in [5.74, 6) is 0. The molecule has 0 atom stereocenters. The molecule has 0 fully saturated rings. The summed E-state index contributed by atoms with van der Waals surface area (Å²) in [6, 6.07) is 18.6. The first kappa shape index (κ1) is 11.2. The maximum absolute atomic E-state index is 5.91. The Hall–Kier alpha value is -2.61. The van der Waals surface area contributed by atoms with Gasteiger partial charge < -0.3 is 4.42 Å². The van der Waals surface area contributed by atoms with Gasteiger partial charge in [0.2, 0.25) is 0 Å². The van der Waals surface area contributed by atoms with Gasteiger partial charge in [-0.05, 0) is 41.8 Å². The molecule has 0 saturated heterocycles. The van der Waals surface area contributed by atoms with Gasteiger partial charge in [-0.25, -0.2) is 0 Å². The third kappa shape index (κ3) is 1.62. The highest BCUT2D eigenvalue weighted by Crippen LogP contribution is 2.32. The summed E-state index contributed by atoms with van der Waals surface area (Å²) in [7, 11) is 0. The first-order valence-corrected chi connectivity index (χ1v) is 6.66. The van der Waals surface area contributed by atoms with Gasteiger partial charge in [0, 0.05) is 11.6 Å². The van der Waals surface area contributed by atoms with E-state index in [9.17, 15) is 0 Å². The van der Waals surface area contributed by atoms with E-state index in [2.05, 4.69) is 41.4 Å². The number of rotatable bonds is 1. The van der Waals surface area contributed by atoms with E-state index in [1.807, 2.05) is 31.3 Å². The van der Waals surface area contributed by atoms with Crippen molar-refractivity contribution in [2.24, 2.45) is 0 Å². The topological polar surface area (TPSA) is 26.0 Å². The summed E-state index contributed by atoms with van der Waals surface area (Å²) in [6.45, 7) is 2.05. The van der Waals surface area contributed by atoms with E-state index in [0.717, 1.165) is 27.6 Å². The molecule has 2 heterocycles. The number of pyridine rings is 1. The molecule has 0 aliphatic carbocycles. The van der Waals surface area contributed by atoms with Crippen LogP contribution < -0.4 is 0 Å². The Morgan fingerprint density at radius 2 is 1.75 bits per heavy atom. The van der Waals surface area contributed by atoms with Gasteiger partial charge in [0.15, 0.2) is 5.58 Å². The van der Waals surface area contributed by atoms with Crippen LogP contribution in [0.3, 0.4) is 0 Å². The van der Waals surface area contributed by atoms with Crippen LogP contribution in [0.15, 0.2) is 65.2 Å². The lowest BCUT2D eigenvalue weighted by Gasteiger charge is -2.00. The molecule has 0 bridgehead atoms. The fraction of sp³-hybridized carbons (Fsp3) is 0.0556. The molecule has 0 unspecified atom stereocenters. The van der Waals surface area contributed by atoms with Gasteiger partial charge in [-0.2, -0.15) is 0 Å². The molecule has 96 valence electrons. The van der Waals surface area contributed by atoms with E-state index >= 15 is 0 Å². The summed E-state index contributed by atoms with van der Waals surface area (Å²) in [4.78, 5) is 4.47. The molecule has 0 aliphatic rings. The average molecular weight is 259 g/mol. The summed E-state index contributed by atoms with van der Waals surface area (Å²) >= 11 is 0. The van der Waals surface area contributed by atoms with Gasteiger partial charge in [-0.3, -0.25) is 4.98 Å². The molecular weight excluding hydrogens is 246 g/mol. The quantitative estimate of drug-likeness (QED) is 0.483. The fourth-order valence-corrected chi connectivity index (χ4v) is 2.59. The lowest BCUT2D eigenvalue weighted by molar-refractivity contribution is 0.665. The predicted octanol–water partition coefficient (Wildman–Crippen LogP) is 4.96. The second kappa shape index (κ2) is 4.20. The van der Waals surface area contributed by atoms with E-state index < -0.39 is 0 Å². The molecule has 0 amide bonds. The molecule has 0 spiro atoms. The number of furan rings is 1. The summed E-state index contributed by atoms with van der Waals surface area (Å²) < 4.78 is 5.91. The molecule has 0 aliphatic heterocycles. The molecule has 2 aromatic carbocycles. The van der Waals surface area contributed by atoms with Crippen molar-refractivity contribution >= 4 is 22.1 Å². The Kier molecular flexibility index (Phi) is 2.36. The van der Waals surface area contributed by atoms with Crippen molar-refractivity contribution in [1.82, 2.24) is 4.98 Å². The van der Waals surface area contributed by atoms with Crippen LogP contribution in [0.4, 0.5) is 0 Å².